The number of aromatic amines is 1. The number of nitrogens with zero attached hydrogens (tertiary/aromatic N) is 2. The monoisotopic (exact) mass is 328 g/mol. The van der Waals surface area contributed by atoms with E-state index in [1.54, 1.807) is 18.2 Å². The summed E-state index contributed by atoms with van der Waals surface area (Å²) < 4.78 is 20.0. The molecule has 0 saturated carbocycles. The molecule has 0 fully saturated rings. The van der Waals surface area contributed by atoms with E-state index in [1.165, 1.54) is 34.8 Å². The van der Waals surface area contributed by atoms with Gasteiger partial charge >= 0.3 is 11.3 Å². The van der Waals surface area contributed by atoms with Gasteiger partial charge in [-0.1, -0.05) is 30.3 Å². The van der Waals surface area contributed by atoms with Crippen LogP contribution in [-0.4, -0.2) is 23.1 Å². The smallest absolute Gasteiger partial charge is 0.331 e. The SMILES string of the molecule is CN(Cc1c(=O)o[nH][n+]1-c1ccccc1)C(=O)c1ccccc1F. The van der Waals surface area contributed by atoms with E-state index in [4.69, 9.17) is 4.52 Å². The van der Waals surface area contributed by atoms with Crippen LogP contribution in [-0.2, 0) is 6.54 Å². The van der Waals surface area contributed by atoms with E-state index in [-0.39, 0.29) is 17.8 Å². The van der Waals surface area contributed by atoms with Crippen molar-refractivity contribution >= 4 is 5.91 Å². The van der Waals surface area contributed by atoms with E-state index >= 15 is 0 Å². The Morgan fingerprint density at radius 1 is 1.17 bits per heavy atom. The lowest BCUT2D eigenvalue weighted by Crippen LogP contribution is -2.42. The maximum atomic E-state index is 13.8. The average molecular weight is 328 g/mol. The molecule has 3 rings (SSSR count). The molecule has 1 N–H and O–H groups in total. The minimum absolute atomic E-state index is 0.0338. The van der Waals surface area contributed by atoms with Crippen LogP contribution < -0.4 is 10.3 Å². The van der Waals surface area contributed by atoms with Gasteiger partial charge in [0.25, 0.3) is 5.91 Å². The normalized spacial score (nSPS) is 10.6. The van der Waals surface area contributed by atoms with Gasteiger partial charge in [-0.25, -0.2) is 9.18 Å². The van der Waals surface area contributed by atoms with Crippen LogP contribution in [0.3, 0.4) is 0 Å². The van der Waals surface area contributed by atoms with E-state index < -0.39 is 17.3 Å². The Hall–Kier alpha value is -3.22. The van der Waals surface area contributed by atoms with Crippen LogP contribution in [0.4, 0.5) is 4.39 Å². The number of hydrogen-bond acceptors (Lipinski definition) is 3. The number of halogens is 1. The van der Waals surface area contributed by atoms with Crippen LogP contribution in [0.5, 0.6) is 0 Å². The summed E-state index contributed by atoms with van der Waals surface area (Å²) in [5.74, 6) is -1.13. The maximum Gasteiger partial charge on any atom is 0.432 e. The van der Waals surface area contributed by atoms with Gasteiger partial charge in [-0.2, -0.15) is 0 Å². The number of nitrogens with one attached hydrogen (secondary N) is 1. The van der Waals surface area contributed by atoms with Crippen LogP contribution >= 0.6 is 0 Å². The van der Waals surface area contributed by atoms with Crippen LogP contribution in [0.25, 0.3) is 5.69 Å². The van der Waals surface area contributed by atoms with Crippen molar-refractivity contribution in [3.05, 3.63) is 82.1 Å². The Morgan fingerprint density at radius 2 is 1.83 bits per heavy atom. The minimum Gasteiger partial charge on any atom is -0.331 e. The second kappa shape index (κ2) is 6.49. The fourth-order valence-electron chi connectivity index (χ4n) is 2.35. The van der Waals surface area contributed by atoms with Crippen molar-refractivity contribution < 1.29 is 18.4 Å². The molecule has 0 spiro atoms. The lowest BCUT2D eigenvalue weighted by molar-refractivity contribution is -0.678. The topological polar surface area (TPSA) is 70.2 Å². The summed E-state index contributed by atoms with van der Waals surface area (Å²) in [5.41, 5.74) is 0.275. The van der Waals surface area contributed by atoms with Crippen LogP contribution in [0, 0.1) is 5.82 Å². The Morgan fingerprint density at radius 3 is 2.54 bits per heavy atom. The van der Waals surface area contributed by atoms with Gasteiger partial charge in [0, 0.05) is 19.2 Å². The van der Waals surface area contributed by atoms with Crippen molar-refractivity contribution in [2.24, 2.45) is 0 Å². The number of para-hydroxylation sites is 1. The third-order valence-electron chi connectivity index (χ3n) is 3.59. The van der Waals surface area contributed by atoms with Crippen LogP contribution in [0.1, 0.15) is 16.1 Å². The van der Waals surface area contributed by atoms with Crippen molar-refractivity contribution in [3.63, 3.8) is 0 Å². The molecule has 2 aromatic carbocycles. The number of H-pyrrole nitrogens is 1. The first-order valence-electron chi connectivity index (χ1n) is 7.25. The minimum atomic E-state index is -0.605. The average Bonchev–Trinajstić information content (AvgIpc) is 2.96. The lowest BCUT2D eigenvalue weighted by Gasteiger charge is -2.14. The summed E-state index contributed by atoms with van der Waals surface area (Å²) in [4.78, 5) is 25.6. The second-order valence-electron chi connectivity index (χ2n) is 5.24. The van der Waals surface area contributed by atoms with Gasteiger partial charge in [-0.3, -0.25) is 9.32 Å². The molecule has 0 unspecified atom stereocenters. The molecule has 24 heavy (non-hydrogen) atoms. The highest BCUT2D eigenvalue weighted by Crippen LogP contribution is 2.10. The van der Waals surface area contributed by atoms with E-state index in [2.05, 4.69) is 5.27 Å². The van der Waals surface area contributed by atoms with Crippen molar-refractivity contribution in [2.45, 2.75) is 6.54 Å². The predicted molar refractivity (Wildman–Crippen MR) is 83.1 cm³/mol. The van der Waals surface area contributed by atoms with E-state index in [9.17, 15) is 14.0 Å². The van der Waals surface area contributed by atoms with E-state index in [0.29, 0.717) is 5.69 Å². The van der Waals surface area contributed by atoms with Gasteiger partial charge in [-0.15, -0.1) is 0 Å². The van der Waals surface area contributed by atoms with Crippen molar-refractivity contribution in [1.82, 2.24) is 10.2 Å². The summed E-state index contributed by atoms with van der Waals surface area (Å²) >= 11 is 0. The lowest BCUT2D eigenvalue weighted by atomic mass is 10.2. The first kappa shape index (κ1) is 15.7. The second-order valence-corrected chi connectivity index (χ2v) is 5.24. The largest absolute Gasteiger partial charge is 0.432 e. The highest BCUT2D eigenvalue weighted by molar-refractivity contribution is 5.94. The first-order valence-corrected chi connectivity index (χ1v) is 7.25. The Balaban J connectivity index is 1.89. The van der Waals surface area contributed by atoms with Crippen LogP contribution in [0.15, 0.2) is 63.9 Å². The summed E-state index contributed by atoms with van der Waals surface area (Å²) in [6, 6.07) is 14.7. The highest BCUT2D eigenvalue weighted by Gasteiger charge is 2.27. The molecule has 0 bridgehead atoms. The summed E-state index contributed by atoms with van der Waals surface area (Å²) in [7, 11) is 1.50. The highest BCUT2D eigenvalue weighted by atomic mass is 19.1. The molecule has 122 valence electrons. The van der Waals surface area contributed by atoms with Gasteiger partial charge in [0.15, 0.2) is 0 Å². The molecule has 0 atom stereocenters. The van der Waals surface area contributed by atoms with E-state index in [0.717, 1.165) is 0 Å². The fourth-order valence-corrected chi connectivity index (χ4v) is 2.35. The maximum absolute atomic E-state index is 13.8. The summed E-state index contributed by atoms with van der Waals surface area (Å²) in [6.07, 6.45) is 0. The molecule has 3 aromatic rings. The molecule has 0 saturated heterocycles. The van der Waals surface area contributed by atoms with Crippen molar-refractivity contribution in [2.75, 3.05) is 7.05 Å². The molecular weight excluding hydrogens is 313 g/mol. The number of rotatable bonds is 4. The summed E-state index contributed by atoms with van der Waals surface area (Å²) in [6.45, 7) is -0.0338. The zero-order chi connectivity index (χ0) is 17.1. The zero-order valence-electron chi connectivity index (χ0n) is 12.9. The Bertz CT molecular complexity index is 918. The van der Waals surface area contributed by atoms with Gasteiger partial charge in [-0.05, 0) is 22.1 Å². The Labute approximate surface area is 136 Å². The summed E-state index contributed by atoms with van der Waals surface area (Å²) in [5, 5.41) is 2.50. The molecule has 1 amide bonds. The molecule has 1 heterocycles. The first-order chi connectivity index (χ1) is 11.6. The van der Waals surface area contributed by atoms with Gasteiger partial charge < -0.3 is 4.90 Å². The van der Waals surface area contributed by atoms with Gasteiger partial charge in [0.2, 0.25) is 5.69 Å². The van der Waals surface area contributed by atoms with Crippen LogP contribution in [0.2, 0.25) is 0 Å². The predicted octanol–water partition coefficient (Wildman–Crippen LogP) is 1.66. The quantitative estimate of drug-likeness (QED) is 0.741. The third-order valence-corrected chi connectivity index (χ3v) is 3.59. The third kappa shape index (κ3) is 2.96. The number of hydrogen-bond donors (Lipinski definition) is 1. The van der Waals surface area contributed by atoms with Crippen molar-refractivity contribution in [3.8, 4) is 5.69 Å². The molecule has 0 aliphatic rings. The van der Waals surface area contributed by atoms with Gasteiger partial charge in [0.05, 0.1) is 5.56 Å². The molecule has 0 radical (unpaired) electrons. The number of aromatic nitrogens is 2. The fraction of sp³-hybridized carbons (Fsp3) is 0.118. The molecular formula is C17H15FN3O3+. The molecule has 0 aliphatic heterocycles. The zero-order valence-corrected chi connectivity index (χ0v) is 12.9. The van der Waals surface area contributed by atoms with Gasteiger partial charge in [0.1, 0.15) is 12.4 Å². The molecule has 6 nitrogen and oxygen atoms in total. The standard InChI is InChI=1S/C17H14FN3O3/c1-20(16(22)13-9-5-6-10-14(13)18)11-15-17(23)24-19-21(15)12-7-3-2-4-8-12/h2-10H,11H2,1H3/p+1. The molecule has 0 aliphatic carbocycles. The van der Waals surface area contributed by atoms with Crippen molar-refractivity contribution in [1.29, 1.82) is 0 Å². The number of carbonyl (C=O) groups excluding carboxylic acids is 1. The Kier molecular flexibility index (Phi) is 4.24. The van der Waals surface area contributed by atoms with E-state index in [1.807, 2.05) is 18.2 Å². The molecule has 1 aromatic heterocycles. The number of benzene rings is 2. The number of carbonyl (C=O) groups is 1. The number of amides is 1. The molecule has 7 heteroatoms.